The van der Waals surface area contributed by atoms with E-state index in [1.807, 2.05) is 24.3 Å². The maximum Gasteiger partial charge on any atom is 0.291 e. The molecule has 0 spiro atoms. The number of hydrogen-bond acceptors (Lipinski definition) is 5. The summed E-state index contributed by atoms with van der Waals surface area (Å²) in [6.45, 7) is 6.02. The number of amides is 1. The number of benzene rings is 1. The molecule has 1 aromatic carbocycles. The van der Waals surface area contributed by atoms with E-state index in [0.29, 0.717) is 44.6 Å². The van der Waals surface area contributed by atoms with Gasteiger partial charge in [-0.25, -0.2) is 0 Å². The molecule has 2 aromatic rings. The summed E-state index contributed by atoms with van der Waals surface area (Å²) < 4.78 is 16.1. The molecule has 3 N–H and O–H groups in total. The highest BCUT2D eigenvalue weighted by Crippen LogP contribution is 2.11. The maximum absolute atomic E-state index is 12.0. The third-order valence-corrected chi connectivity index (χ3v) is 4.19. The topological polar surface area (TPSA) is 97.1 Å². The van der Waals surface area contributed by atoms with Gasteiger partial charge in [-0.2, -0.15) is 0 Å². The number of hydrogen-bond donors (Lipinski definition) is 3. The van der Waals surface area contributed by atoms with E-state index in [4.69, 9.17) is 13.9 Å². The van der Waals surface area contributed by atoms with Crippen molar-refractivity contribution in [2.24, 2.45) is 4.99 Å². The van der Waals surface area contributed by atoms with E-state index in [9.17, 15) is 4.79 Å². The summed E-state index contributed by atoms with van der Waals surface area (Å²) >= 11 is 0. The number of unbranched alkanes of at least 4 members (excludes halogenated alkanes) is 1. The van der Waals surface area contributed by atoms with Crippen molar-refractivity contribution in [3.63, 3.8) is 0 Å². The molecule has 8 nitrogen and oxygen atoms in total. The lowest BCUT2D eigenvalue weighted by atomic mass is 10.2. The van der Waals surface area contributed by atoms with Gasteiger partial charge in [0.1, 0.15) is 0 Å². The maximum atomic E-state index is 12.0. The summed E-state index contributed by atoms with van der Waals surface area (Å²) in [7, 11) is 1.73. The number of guanidine groups is 1. The molecular formula is C22H32N4O4. The summed E-state index contributed by atoms with van der Waals surface area (Å²) in [5, 5.41) is 9.25. The van der Waals surface area contributed by atoms with Crippen molar-refractivity contribution in [3.05, 3.63) is 54.0 Å². The molecule has 0 radical (unpaired) electrons. The molecule has 30 heavy (non-hydrogen) atoms. The van der Waals surface area contributed by atoms with Gasteiger partial charge in [-0.05, 0) is 36.2 Å². The van der Waals surface area contributed by atoms with Crippen LogP contribution in [-0.2, 0) is 16.0 Å². The number of aliphatic imine (C=N–C) groups is 1. The lowest BCUT2D eigenvalue weighted by molar-refractivity contribution is 0.0487. The zero-order valence-corrected chi connectivity index (χ0v) is 17.8. The molecule has 0 bridgehead atoms. The van der Waals surface area contributed by atoms with Gasteiger partial charge in [0.15, 0.2) is 11.7 Å². The summed E-state index contributed by atoms with van der Waals surface area (Å²) in [6, 6.07) is 10.9. The molecule has 0 saturated heterocycles. The average molecular weight is 417 g/mol. The minimum Gasteiger partial charge on any atom is -0.459 e. The summed E-state index contributed by atoms with van der Waals surface area (Å²) in [5.41, 5.74) is 1.77. The van der Waals surface area contributed by atoms with E-state index in [1.165, 1.54) is 6.26 Å². The van der Waals surface area contributed by atoms with Gasteiger partial charge in [0.05, 0.1) is 26.1 Å². The van der Waals surface area contributed by atoms with Crippen molar-refractivity contribution in [2.45, 2.75) is 26.3 Å². The Morgan fingerprint density at radius 1 is 1.03 bits per heavy atom. The monoisotopic (exact) mass is 416 g/mol. The first-order valence-corrected chi connectivity index (χ1v) is 10.3. The number of carbonyl (C=O) groups is 1. The molecule has 0 fully saturated rings. The minimum atomic E-state index is -0.273. The van der Waals surface area contributed by atoms with Gasteiger partial charge in [-0.3, -0.25) is 9.79 Å². The molecule has 0 unspecified atom stereocenters. The van der Waals surface area contributed by atoms with Crippen molar-refractivity contribution >= 4 is 17.6 Å². The van der Waals surface area contributed by atoms with Crippen LogP contribution >= 0.6 is 0 Å². The Bertz CT molecular complexity index is 745. The molecule has 0 atom stereocenters. The van der Waals surface area contributed by atoms with Crippen LogP contribution in [0.1, 0.15) is 35.9 Å². The number of furan rings is 1. The van der Waals surface area contributed by atoms with Gasteiger partial charge >= 0.3 is 0 Å². The first-order chi connectivity index (χ1) is 14.7. The first kappa shape index (κ1) is 23.4. The highest BCUT2D eigenvalue weighted by Gasteiger charge is 2.08. The van der Waals surface area contributed by atoms with Crippen LogP contribution < -0.4 is 16.0 Å². The van der Waals surface area contributed by atoms with Crippen LogP contribution in [-0.4, -0.2) is 51.9 Å². The lowest BCUT2D eigenvalue weighted by Crippen LogP contribution is -2.38. The van der Waals surface area contributed by atoms with Gasteiger partial charge in [0.2, 0.25) is 0 Å². The molecule has 0 saturated carbocycles. The number of carbonyl (C=O) groups excluding carboxylic acids is 1. The Labute approximate surface area is 178 Å². The summed E-state index contributed by atoms with van der Waals surface area (Å²) in [5.74, 6) is 0.710. The molecule has 8 heteroatoms. The van der Waals surface area contributed by atoms with E-state index >= 15 is 0 Å². The number of rotatable bonds is 13. The SMILES string of the molecule is CCCCOCCOCCNC(=NC)NCc1ccc(NC(=O)c2ccco2)cc1. The Balaban J connectivity index is 1.61. The zero-order chi connectivity index (χ0) is 21.4. The van der Waals surface area contributed by atoms with Crippen molar-refractivity contribution in [1.82, 2.24) is 10.6 Å². The van der Waals surface area contributed by atoms with E-state index in [0.717, 1.165) is 25.0 Å². The van der Waals surface area contributed by atoms with Crippen LogP contribution in [0.25, 0.3) is 0 Å². The van der Waals surface area contributed by atoms with Crippen molar-refractivity contribution in [1.29, 1.82) is 0 Å². The second-order valence-electron chi connectivity index (χ2n) is 6.56. The van der Waals surface area contributed by atoms with Gasteiger partial charge in [0.25, 0.3) is 5.91 Å². The van der Waals surface area contributed by atoms with Crippen LogP contribution in [0.3, 0.4) is 0 Å². The van der Waals surface area contributed by atoms with Crippen LogP contribution in [0, 0.1) is 0 Å². The molecule has 0 aliphatic rings. The summed E-state index contributed by atoms with van der Waals surface area (Å²) in [4.78, 5) is 16.2. The molecule has 1 amide bonds. The smallest absolute Gasteiger partial charge is 0.291 e. The van der Waals surface area contributed by atoms with Crippen LogP contribution in [0.15, 0.2) is 52.1 Å². The van der Waals surface area contributed by atoms with E-state index in [1.54, 1.807) is 19.2 Å². The number of nitrogens with one attached hydrogen (secondary N) is 3. The van der Waals surface area contributed by atoms with Crippen molar-refractivity contribution < 1.29 is 18.7 Å². The lowest BCUT2D eigenvalue weighted by Gasteiger charge is -2.12. The van der Waals surface area contributed by atoms with Crippen LogP contribution in [0.5, 0.6) is 0 Å². The largest absolute Gasteiger partial charge is 0.459 e. The van der Waals surface area contributed by atoms with Crippen molar-refractivity contribution in [2.75, 3.05) is 45.3 Å². The molecule has 0 aliphatic heterocycles. The minimum absolute atomic E-state index is 0.273. The molecule has 2 rings (SSSR count). The molecule has 1 aromatic heterocycles. The Hall–Kier alpha value is -2.84. The molecule has 0 aliphatic carbocycles. The molecule has 164 valence electrons. The zero-order valence-electron chi connectivity index (χ0n) is 17.8. The second-order valence-corrected chi connectivity index (χ2v) is 6.56. The second kappa shape index (κ2) is 14.2. The van der Waals surface area contributed by atoms with Crippen molar-refractivity contribution in [3.8, 4) is 0 Å². The van der Waals surface area contributed by atoms with Gasteiger partial charge in [0, 0.05) is 32.4 Å². The van der Waals surface area contributed by atoms with Crippen LogP contribution in [0.2, 0.25) is 0 Å². The Morgan fingerprint density at radius 2 is 1.80 bits per heavy atom. The van der Waals surface area contributed by atoms with Gasteiger partial charge < -0.3 is 29.8 Å². The highest BCUT2D eigenvalue weighted by molar-refractivity contribution is 6.02. The fourth-order valence-electron chi connectivity index (χ4n) is 2.52. The fraction of sp³-hybridized carbons (Fsp3) is 0.455. The normalized spacial score (nSPS) is 11.3. The fourth-order valence-corrected chi connectivity index (χ4v) is 2.52. The van der Waals surface area contributed by atoms with E-state index < -0.39 is 0 Å². The van der Waals surface area contributed by atoms with Crippen LogP contribution in [0.4, 0.5) is 5.69 Å². The Kier molecular flexibility index (Phi) is 11.1. The van der Waals surface area contributed by atoms with Gasteiger partial charge in [-0.1, -0.05) is 25.5 Å². The third kappa shape index (κ3) is 9.11. The average Bonchev–Trinajstić information content (AvgIpc) is 3.31. The van der Waals surface area contributed by atoms with E-state index in [2.05, 4.69) is 27.9 Å². The molecule has 1 heterocycles. The number of anilines is 1. The van der Waals surface area contributed by atoms with E-state index in [-0.39, 0.29) is 11.7 Å². The summed E-state index contributed by atoms with van der Waals surface area (Å²) in [6.07, 6.45) is 3.70. The van der Waals surface area contributed by atoms with Gasteiger partial charge in [-0.15, -0.1) is 0 Å². The Morgan fingerprint density at radius 3 is 2.47 bits per heavy atom. The third-order valence-electron chi connectivity index (χ3n) is 4.19. The predicted octanol–water partition coefficient (Wildman–Crippen LogP) is 3.03. The standard InChI is InChI=1S/C22H32N4O4/c1-3-4-12-28-15-16-29-14-11-24-22(23-2)25-17-18-7-9-19(10-8-18)26-21(27)20-6-5-13-30-20/h5-10,13H,3-4,11-12,14-17H2,1-2H3,(H,26,27)(H2,23,24,25). The quantitative estimate of drug-likeness (QED) is 0.264. The number of nitrogens with zero attached hydrogens (tertiary/aromatic N) is 1. The number of ether oxygens (including phenoxy) is 2. The highest BCUT2D eigenvalue weighted by atomic mass is 16.5. The first-order valence-electron chi connectivity index (χ1n) is 10.3. The predicted molar refractivity (Wildman–Crippen MR) is 118 cm³/mol. The molecular weight excluding hydrogens is 384 g/mol.